The molecule has 1 aliphatic heterocycles. The molecule has 5 rings (SSSR count). The number of aromatic nitrogens is 4. The summed E-state index contributed by atoms with van der Waals surface area (Å²) in [6.07, 6.45) is 3.87. The van der Waals surface area contributed by atoms with Gasteiger partial charge in [0.1, 0.15) is 23.0 Å². The molecule has 4 heterocycles. The van der Waals surface area contributed by atoms with E-state index in [0.29, 0.717) is 70.0 Å². The molecular formula is C30H34ClN7O5. The fourth-order valence-corrected chi connectivity index (χ4v) is 5.19. The number of ether oxygens (including phenoxy) is 3. The van der Waals surface area contributed by atoms with Crippen LogP contribution < -0.4 is 25.7 Å². The highest BCUT2D eigenvalue weighted by atomic mass is 35.5. The molecule has 0 radical (unpaired) electrons. The summed E-state index contributed by atoms with van der Waals surface area (Å²) in [6.45, 7) is 6.46. The van der Waals surface area contributed by atoms with Gasteiger partial charge < -0.3 is 24.8 Å². The quantitative estimate of drug-likeness (QED) is 0.261. The minimum Gasteiger partial charge on any atom is -0.497 e. The largest absolute Gasteiger partial charge is 0.497 e. The first-order valence-corrected chi connectivity index (χ1v) is 14.3. The van der Waals surface area contributed by atoms with Crippen molar-refractivity contribution in [2.24, 2.45) is 0 Å². The van der Waals surface area contributed by atoms with Gasteiger partial charge in [-0.2, -0.15) is 4.98 Å². The topological polar surface area (TPSA) is 133 Å². The number of anilines is 2. The van der Waals surface area contributed by atoms with Gasteiger partial charge in [-0.15, -0.1) is 0 Å². The Hall–Kier alpha value is -4.26. The molecule has 0 aliphatic carbocycles. The summed E-state index contributed by atoms with van der Waals surface area (Å²) in [5.74, 6) is 1.59. The van der Waals surface area contributed by atoms with Crippen LogP contribution in [0.4, 0.5) is 11.8 Å². The van der Waals surface area contributed by atoms with Gasteiger partial charge in [-0.05, 0) is 30.2 Å². The number of hydrogen-bond acceptors (Lipinski definition) is 10. The van der Waals surface area contributed by atoms with Gasteiger partial charge in [0, 0.05) is 74.6 Å². The van der Waals surface area contributed by atoms with Crippen LogP contribution in [-0.4, -0.2) is 83.9 Å². The molecule has 1 fully saturated rings. The Morgan fingerprint density at radius 3 is 2.56 bits per heavy atom. The number of carbonyl (C=O) groups excluding carboxylic acids is 1. The van der Waals surface area contributed by atoms with Crippen molar-refractivity contribution in [3.8, 4) is 22.6 Å². The van der Waals surface area contributed by atoms with Gasteiger partial charge in [0.2, 0.25) is 11.9 Å². The molecule has 1 saturated heterocycles. The van der Waals surface area contributed by atoms with E-state index in [0.717, 1.165) is 38.4 Å². The number of morpholine rings is 1. The van der Waals surface area contributed by atoms with Crippen LogP contribution in [0.5, 0.6) is 11.5 Å². The number of carbonyl (C=O) groups is 1. The minimum atomic E-state index is -0.273. The third kappa shape index (κ3) is 7.22. The van der Waals surface area contributed by atoms with Gasteiger partial charge >= 0.3 is 0 Å². The number of amides is 1. The van der Waals surface area contributed by atoms with Crippen LogP contribution >= 0.6 is 11.6 Å². The predicted molar refractivity (Wildman–Crippen MR) is 165 cm³/mol. The summed E-state index contributed by atoms with van der Waals surface area (Å²) in [5, 5.41) is 6.92. The van der Waals surface area contributed by atoms with Crippen LogP contribution in [-0.2, 0) is 22.5 Å². The van der Waals surface area contributed by atoms with Crippen molar-refractivity contribution >= 4 is 40.3 Å². The number of pyridine rings is 2. The lowest BCUT2D eigenvalue weighted by molar-refractivity contribution is -0.114. The number of halogens is 1. The first-order chi connectivity index (χ1) is 20.9. The fraction of sp³-hybridized carbons (Fsp3) is 0.367. The monoisotopic (exact) mass is 607 g/mol. The lowest BCUT2D eigenvalue weighted by Gasteiger charge is -2.26. The van der Waals surface area contributed by atoms with E-state index in [9.17, 15) is 9.59 Å². The summed E-state index contributed by atoms with van der Waals surface area (Å²) >= 11 is 6.70. The van der Waals surface area contributed by atoms with Gasteiger partial charge in [-0.1, -0.05) is 17.7 Å². The molecule has 1 amide bonds. The van der Waals surface area contributed by atoms with Crippen LogP contribution in [0.3, 0.4) is 0 Å². The Morgan fingerprint density at radius 1 is 1.05 bits per heavy atom. The second-order valence-corrected chi connectivity index (χ2v) is 10.4. The van der Waals surface area contributed by atoms with Crippen molar-refractivity contribution in [2.75, 3.05) is 64.2 Å². The second-order valence-electron chi connectivity index (χ2n) is 10.0. The smallest absolute Gasteiger partial charge is 0.260 e. The molecule has 0 spiro atoms. The summed E-state index contributed by atoms with van der Waals surface area (Å²) in [7, 11) is 3.05. The van der Waals surface area contributed by atoms with E-state index in [2.05, 4.69) is 25.5 Å². The second kappa shape index (κ2) is 13.8. The third-order valence-electron chi connectivity index (χ3n) is 7.15. The van der Waals surface area contributed by atoms with E-state index in [4.69, 9.17) is 30.8 Å². The minimum absolute atomic E-state index is 0.197. The van der Waals surface area contributed by atoms with Gasteiger partial charge in [0.15, 0.2) is 0 Å². The molecule has 1 aromatic carbocycles. The van der Waals surface area contributed by atoms with Crippen LogP contribution in [0.2, 0.25) is 5.02 Å². The maximum atomic E-state index is 14.1. The van der Waals surface area contributed by atoms with E-state index in [-0.39, 0.29) is 11.5 Å². The first-order valence-electron chi connectivity index (χ1n) is 13.9. The number of rotatable bonds is 11. The average Bonchev–Trinajstić information content (AvgIpc) is 3.01. The van der Waals surface area contributed by atoms with Gasteiger partial charge in [0.25, 0.3) is 5.56 Å². The molecule has 2 N–H and O–H groups in total. The number of nitrogens with one attached hydrogen (secondary N) is 2. The number of methoxy groups -OCH3 is 2. The van der Waals surface area contributed by atoms with Crippen LogP contribution in [0.15, 0.2) is 47.5 Å². The molecule has 226 valence electrons. The van der Waals surface area contributed by atoms with Crippen LogP contribution in [0.1, 0.15) is 12.5 Å². The maximum absolute atomic E-state index is 14.1. The predicted octanol–water partition coefficient (Wildman–Crippen LogP) is 3.47. The summed E-state index contributed by atoms with van der Waals surface area (Å²) in [6, 6.07) is 8.73. The van der Waals surface area contributed by atoms with E-state index in [1.54, 1.807) is 41.2 Å². The lowest BCUT2D eigenvalue weighted by Crippen LogP contribution is -2.39. The Bertz CT molecular complexity index is 1660. The molecule has 0 bridgehead atoms. The number of hydrogen-bond donors (Lipinski definition) is 2. The zero-order valence-electron chi connectivity index (χ0n) is 24.4. The highest BCUT2D eigenvalue weighted by Crippen LogP contribution is 2.38. The average molecular weight is 608 g/mol. The Morgan fingerprint density at radius 2 is 1.86 bits per heavy atom. The van der Waals surface area contributed by atoms with Crippen molar-refractivity contribution in [3.05, 3.63) is 63.7 Å². The maximum Gasteiger partial charge on any atom is 0.260 e. The molecule has 13 heteroatoms. The highest BCUT2D eigenvalue weighted by molar-refractivity contribution is 6.35. The SMILES string of the molecule is COc1cc(OC)c(Cl)c(-c2cc3cnc(NCCN4CCOCC4)nc3n(CCc3ccc(NC(C)=O)nc3)c2=O)c1. The lowest BCUT2D eigenvalue weighted by atomic mass is 10.0. The van der Waals surface area contributed by atoms with Crippen LogP contribution in [0.25, 0.3) is 22.2 Å². The molecule has 3 aromatic heterocycles. The van der Waals surface area contributed by atoms with Crippen molar-refractivity contribution in [3.63, 3.8) is 0 Å². The molecule has 12 nitrogen and oxygen atoms in total. The Kier molecular flexibility index (Phi) is 9.70. The molecule has 4 aromatic rings. The normalized spacial score (nSPS) is 13.6. The molecule has 0 atom stereocenters. The van der Waals surface area contributed by atoms with Gasteiger partial charge in [-0.3, -0.25) is 19.1 Å². The highest BCUT2D eigenvalue weighted by Gasteiger charge is 2.19. The van der Waals surface area contributed by atoms with Crippen molar-refractivity contribution in [2.45, 2.75) is 19.9 Å². The molecule has 43 heavy (non-hydrogen) atoms. The van der Waals surface area contributed by atoms with Crippen molar-refractivity contribution in [1.29, 1.82) is 0 Å². The van der Waals surface area contributed by atoms with Crippen molar-refractivity contribution in [1.82, 2.24) is 24.4 Å². The number of benzene rings is 1. The molecule has 0 unspecified atom stereocenters. The summed E-state index contributed by atoms with van der Waals surface area (Å²) in [5.41, 5.74) is 1.95. The Labute approximate surface area is 254 Å². The fourth-order valence-electron chi connectivity index (χ4n) is 4.90. The van der Waals surface area contributed by atoms with Crippen molar-refractivity contribution < 1.29 is 19.0 Å². The zero-order valence-corrected chi connectivity index (χ0v) is 25.1. The number of fused-ring (bicyclic) bond motifs is 1. The Balaban J connectivity index is 1.51. The van der Waals surface area contributed by atoms with E-state index in [1.165, 1.54) is 21.1 Å². The van der Waals surface area contributed by atoms with Gasteiger partial charge in [0.05, 0.1) is 32.5 Å². The van der Waals surface area contributed by atoms with Crippen LogP contribution in [0, 0.1) is 0 Å². The van der Waals surface area contributed by atoms with E-state index in [1.807, 2.05) is 6.07 Å². The summed E-state index contributed by atoms with van der Waals surface area (Å²) in [4.78, 5) is 41.4. The third-order valence-corrected chi connectivity index (χ3v) is 7.54. The summed E-state index contributed by atoms with van der Waals surface area (Å²) < 4.78 is 17.9. The standard InChI is InChI=1S/C30H34ClN7O5/c1-19(39)35-26-5-4-20(17-33-26)6-8-38-28-21(18-34-30(36-28)32-7-9-37-10-12-43-13-11-37)14-24(29(38)40)23-15-22(41-2)16-25(42-3)27(23)31/h4-5,14-18H,6-13H2,1-3H3,(H,32,34,36)(H,33,35,39). The molecular weight excluding hydrogens is 574 g/mol. The zero-order chi connectivity index (χ0) is 30.3. The van der Waals surface area contributed by atoms with E-state index >= 15 is 0 Å². The number of nitrogens with zero attached hydrogens (tertiary/aromatic N) is 5. The first kappa shape index (κ1) is 30.2. The molecule has 0 saturated carbocycles. The number of aryl methyl sites for hydroxylation is 2. The molecule has 1 aliphatic rings. The van der Waals surface area contributed by atoms with Gasteiger partial charge in [-0.25, -0.2) is 9.97 Å². The van der Waals surface area contributed by atoms with E-state index < -0.39 is 0 Å².